The predicted molar refractivity (Wildman–Crippen MR) is 130 cm³/mol. The topological polar surface area (TPSA) is 113 Å². The van der Waals surface area contributed by atoms with Crippen molar-refractivity contribution in [2.45, 2.75) is 6.92 Å². The van der Waals surface area contributed by atoms with Crippen LogP contribution in [0.25, 0.3) is 5.52 Å². The van der Waals surface area contributed by atoms with Gasteiger partial charge in [-0.25, -0.2) is 13.7 Å². The van der Waals surface area contributed by atoms with E-state index < -0.39 is 5.82 Å². The van der Waals surface area contributed by atoms with Crippen molar-refractivity contribution in [2.24, 2.45) is 0 Å². The highest BCUT2D eigenvalue weighted by Gasteiger charge is 2.17. The molecule has 0 atom stereocenters. The van der Waals surface area contributed by atoms with Crippen LogP contribution in [0.15, 0.2) is 60.9 Å². The fourth-order valence-corrected chi connectivity index (χ4v) is 3.46. The maximum Gasteiger partial charge on any atom is 0.319 e. The molecular weight excluding hydrogens is 451 g/mol. The van der Waals surface area contributed by atoms with E-state index in [-0.39, 0.29) is 11.8 Å². The highest BCUT2D eigenvalue weighted by atomic mass is 19.1. The van der Waals surface area contributed by atoms with Gasteiger partial charge in [0.2, 0.25) is 0 Å². The van der Waals surface area contributed by atoms with Crippen LogP contribution in [0.4, 0.5) is 26.2 Å². The molecule has 0 aliphatic carbocycles. The molecule has 10 heteroatoms. The number of para-hydroxylation sites is 1. The molecule has 178 valence electrons. The number of aromatic nitrogens is 2. The molecule has 0 spiro atoms. The lowest BCUT2D eigenvalue weighted by Gasteiger charge is -2.12. The molecule has 3 N–H and O–H groups in total. The number of nitriles is 1. The standard InChI is InChI=1S/C25H23FN6O3/c1-16-21(31-25(33)28-11-12-34-2)15-32-24(16)23(17(13-27)14-29-32)30-18-7-9-19(10-8-18)35-22-6-4-3-5-20(22)26/h3-10,14-15,30H,11-12H2,1-2H3,(H2,28,31,33). The number of amides is 2. The Kier molecular flexibility index (Phi) is 7.09. The van der Waals surface area contributed by atoms with E-state index in [2.05, 4.69) is 27.1 Å². The van der Waals surface area contributed by atoms with Gasteiger partial charge in [0.05, 0.1) is 41.5 Å². The summed E-state index contributed by atoms with van der Waals surface area (Å²) in [6.07, 6.45) is 3.13. The third-order valence-corrected chi connectivity index (χ3v) is 5.21. The number of nitrogens with zero attached hydrogens (tertiary/aromatic N) is 3. The first-order valence-electron chi connectivity index (χ1n) is 10.7. The number of urea groups is 1. The number of rotatable bonds is 8. The van der Waals surface area contributed by atoms with E-state index in [9.17, 15) is 14.4 Å². The number of aryl methyl sites for hydroxylation is 1. The number of carbonyl (C=O) groups excluding carboxylic acids is 1. The number of carbonyl (C=O) groups is 1. The molecule has 0 bridgehead atoms. The van der Waals surface area contributed by atoms with Gasteiger partial charge in [-0.2, -0.15) is 10.4 Å². The average molecular weight is 474 g/mol. The van der Waals surface area contributed by atoms with Crippen LogP contribution >= 0.6 is 0 Å². The maximum absolute atomic E-state index is 13.9. The summed E-state index contributed by atoms with van der Waals surface area (Å²) in [5.41, 5.74) is 3.49. The Morgan fingerprint density at radius 1 is 1.20 bits per heavy atom. The molecule has 2 amide bonds. The lowest BCUT2D eigenvalue weighted by Crippen LogP contribution is -2.31. The van der Waals surface area contributed by atoms with Crippen LogP contribution in [-0.2, 0) is 4.74 Å². The summed E-state index contributed by atoms with van der Waals surface area (Å²) in [5, 5.41) is 22.7. The van der Waals surface area contributed by atoms with Crippen LogP contribution in [0.5, 0.6) is 11.5 Å². The first-order chi connectivity index (χ1) is 17.0. The van der Waals surface area contributed by atoms with Crippen molar-refractivity contribution in [2.75, 3.05) is 30.9 Å². The molecule has 0 saturated heterocycles. The fraction of sp³-hybridized carbons (Fsp3) is 0.160. The third kappa shape index (κ3) is 5.31. The third-order valence-electron chi connectivity index (χ3n) is 5.21. The molecule has 35 heavy (non-hydrogen) atoms. The van der Waals surface area contributed by atoms with Crippen LogP contribution in [0.3, 0.4) is 0 Å². The van der Waals surface area contributed by atoms with E-state index >= 15 is 0 Å². The highest BCUT2D eigenvalue weighted by Crippen LogP contribution is 2.33. The molecule has 0 fully saturated rings. The lowest BCUT2D eigenvalue weighted by molar-refractivity contribution is 0.198. The summed E-state index contributed by atoms with van der Waals surface area (Å²) in [6.45, 7) is 2.60. The van der Waals surface area contributed by atoms with Crippen molar-refractivity contribution >= 4 is 28.6 Å². The molecular formula is C25H23FN6O3. The van der Waals surface area contributed by atoms with E-state index in [1.165, 1.54) is 12.3 Å². The smallest absolute Gasteiger partial charge is 0.319 e. The van der Waals surface area contributed by atoms with Gasteiger partial charge in [-0.1, -0.05) is 12.1 Å². The molecule has 0 aliphatic rings. The molecule has 2 heterocycles. The molecule has 4 aromatic rings. The quantitative estimate of drug-likeness (QED) is 0.311. The van der Waals surface area contributed by atoms with E-state index in [1.807, 2.05) is 6.92 Å². The summed E-state index contributed by atoms with van der Waals surface area (Å²) in [5.74, 6) is 0.143. The van der Waals surface area contributed by atoms with Gasteiger partial charge in [-0.15, -0.1) is 0 Å². The monoisotopic (exact) mass is 474 g/mol. The van der Waals surface area contributed by atoms with Crippen LogP contribution in [0.2, 0.25) is 0 Å². The summed E-state index contributed by atoms with van der Waals surface area (Å²) < 4.78 is 26.0. The van der Waals surface area contributed by atoms with Gasteiger partial charge in [0.15, 0.2) is 11.6 Å². The first-order valence-corrected chi connectivity index (χ1v) is 10.7. The Bertz CT molecular complexity index is 1400. The van der Waals surface area contributed by atoms with E-state index in [0.29, 0.717) is 47.0 Å². The van der Waals surface area contributed by atoms with Crippen molar-refractivity contribution in [1.29, 1.82) is 5.26 Å². The molecule has 4 rings (SSSR count). The van der Waals surface area contributed by atoms with Crippen LogP contribution in [-0.4, -0.2) is 35.9 Å². The van der Waals surface area contributed by atoms with Crippen molar-refractivity contribution in [1.82, 2.24) is 14.9 Å². The Morgan fingerprint density at radius 3 is 2.69 bits per heavy atom. The number of halogens is 1. The van der Waals surface area contributed by atoms with Crippen molar-refractivity contribution in [3.63, 3.8) is 0 Å². The summed E-state index contributed by atoms with van der Waals surface area (Å²) >= 11 is 0. The van der Waals surface area contributed by atoms with Gasteiger partial charge in [0, 0.05) is 24.9 Å². The molecule has 9 nitrogen and oxygen atoms in total. The SMILES string of the molecule is COCCNC(=O)Nc1cn2ncc(C#N)c(Nc3ccc(Oc4ccccc4F)cc3)c2c1C. The number of fused-ring (bicyclic) bond motifs is 1. The normalized spacial score (nSPS) is 10.6. The van der Waals surface area contributed by atoms with E-state index in [4.69, 9.17) is 9.47 Å². The summed E-state index contributed by atoms with van der Waals surface area (Å²) in [7, 11) is 1.56. The number of benzene rings is 2. The fourth-order valence-electron chi connectivity index (χ4n) is 3.46. The van der Waals surface area contributed by atoms with Gasteiger partial charge < -0.3 is 25.4 Å². The number of methoxy groups -OCH3 is 1. The zero-order chi connectivity index (χ0) is 24.8. The van der Waals surface area contributed by atoms with Crippen LogP contribution in [0, 0.1) is 24.1 Å². The predicted octanol–water partition coefficient (Wildman–Crippen LogP) is 4.96. The van der Waals surface area contributed by atoms with Gasteiger partial charge in [0.1, 0.15) is 11.8 Å². The first kappa shape index (κ1) is 23.5. The summed E-state index contributed by atoms with van der Waals surface area (Å²) in [4.78, 5) is 12.2. The van der Waals surface area contributed by atoms with E-state index in [1.54, 1.807) is 60.3 Å². The average Bonchev–Trinajstić information content (AvgIpc) is 3.17. The van der Waals surface area contributed by atoms with Crippen molar-refractivity contribution in [3.8, 4) is 17.6 Å². The number of hydrogen-bond donors (Lipinski definition) is 3. The second-order valence-electron chi connectivity index (χ2n) is 7.56. The van der Waals surface area contributed by atoms with Gasteiger partial charge in [-0.3, -0.25) is 0 Å². The lowest BCUT2D eigenvalue weighted by atomic mass is 10.1. The number of nitrogens with one attached hydrogen (secondary N) is 3. The van der Waals surface area contributed by atoms with Gasteiger partial charge >= 0.3 is 6.03 Å². The molecule has 0 saturated carbocycles. The molecule has 2 aromatic carbocycles. The second-order valence-corrected chi connectivity index (χ2v) is 7.56. The summed E-state index contributed by atoms with van der Waals surface area (Å²) in [6, 6.07) is 14.9. The molecule has 2 aromatic heterocycles. The van der Waals surface area contributed by atoms with E-state index in [0.717, 1.165) is 5.56 Å². The van der Waals surface area contributed by atoms with Crippen LogP contribution in [0.1, 0.15) is 11.1 Å². The molecule has 0 radical (unpaired) electrons. The highest BCUT2D eigenvalue weighted by molar-refractivity contribution is 5.94. The minimum Gasteiger partial charge on any atom is -0.454 e. The second kappa shape index (κ2) is 10.5. The minimum atomic E-state index is -0.451. The minimum absolute atomic E-state index is 0.130. The van der Waals surface area contributed by atoms with Crippen molar-refractivity contribution in [3.05, 3.63) is 77.9 Å². The van der Waals surface area contributed by atoms with Gasteiger partial charge in [0.25, 0.3) is 0 Å². The maximum atomic E-state index is 13.9. The Morgan fingerprint density at radius 2 is 1.97 bits per heavy atom. The molecule has 0 unspecified atom stereocenters. The molecule has 0 aliphatic heterocycles. The number of ether oxygens (including phenoxy) is 2. The number of anilines is 3. The Hall–Kier alpha value is -4.62. The largest absolute Gasteiger partial charge is 0.454 e. The van der Waals surface area contributed by atoms with Gasteiger partial charge in [-0.05, 0) is 43.3 Å². The van der Waals surface area contributed by atoms with Crippen LogP contribution < -0.4 is 20.7 Å². The zero-order valence-corrected chi connectivity index (χ0v) is 19.1. The zero-order valence-electron chi connectivity index (χ0n) is 19.1. The Balaban J connectivity index is 1.58. The van der Waals surface area contributed by atoms with Crippen molar-refractivity contribution < 1.29 is 18.7 Å². The Labute approximate surface area is 201 Å². The number of hydrogen-bond acceptors (Lipinski definition) is 6.